The Balaban J connectivity index is 2.42. The SMILES string of the molecule is COc1cc(N)ccc1NS(=O)(=O)c1ccc(Br)cc1Cl. The Morgan fingerprint density at radius 3 is 2.57 bits per heavy atom. The Labute approximate surface area is 136 Å². The van der Waals surface area contributed by atoms with Crippen LogP contribution < -0.4 is 15.2 Å². The molecule has 2 aromatic rings. The van der Waals surface area contributed by atoms with E-state index in [9.17, 15) is 8.42 Å². The maximum absolute atomic E-state index is 12.4. The first-order valence-corrected chi connectivity index (χ1v) is 8.40. The van der Waals surface area contributed by atoms with E-state index in [2.05, 4.69) is 20.7 Å². The quantitative estimate of drug-likeness (QED) is 0.782. The lowest BCUT2D eigenvalue weighted by Gasteiger charge is -2.13. The molecule has 0 fully saturated rings. The smallest absolute Gasteiger partial charge is 0.263 e. The average molecular weight is 392 g/mol. The third-order valence-electron chi connectivity index (χ3n) is 2.65. The predicted molar refractivity (Wildman–Crippen MR) is 87.4 cm³/mol. The lowest BCUT2D eigenvalue weighted by atomic mass is 10.2. The lowest BCUT2D eigenvalue weighted by molar-refractivity contribution is 0.417. The van der Waals surface area contributed by atoms with Gasteiger partial charge in [0.25, 0.3) is 10.0 Å². The van der Waals surface area contributed by atoms with Gasteiger partial charge in [0.1, 0.15) is 10.6 Å². The van der Waals surface area contributed by atoms with E-state index < -0.39 is 10.0 Å². The number of rotatable bonds is 4. The normalized spacial score (nSPS) is 11.2. The number of methoxy groups -OCH3 is 1. The zero-order chi connectivity index (χ0) is 15.6. The van der Waals surface area contributed by atoms with Gasteiger partial charge in [0, 0.05) is 16.2 Å². The van der Waals surface area contributed by atoms with E-state index in [1.807, 2.05) is 0 Å². The van der Waals surface area contributed by atoms with Gasteiger partial charge in [0.2, 0.25) is 0 Å². The van der Waals surface area contributed by atoms with Crippen LogP contribution in [0.4, 0.5) is 11.4 Å². The van der Waals surface area contributed by atoms with Gasteiger partial charge in [0.15, 0.2) is 0 Å². The van der Waals surface area contributed by atoms with Crippen molar-refractivity contribution in [1.82, 2.24) is 0 Å². The van der Waals surface area contributed by atoms with Gasteiger partial charge >= 0.3 is 0 Å². The van der Waals surface area contributed by atoms with Crippen LogP contribution >= 0.6 is 27.5 Å². The summed E-state index contributed by atoms with van der Waals surface area (Å²) >= 11 is 9.21. The van der Waals surface area contributed by atoms with Crippen molar-refractivity contribution in [3.63, 3.8) is 0 Å². The van der Waals surface area contributed by atoms with E-state index in [0.29, 0.717) is 15.9 Å². The molecular formula is C13H12BrClN2O3S. The van der Waals surface area contributed by atoms with Crippen LogP contribution in [0.25, 0.3) is 0 Å². The highest BCUT2D eigenvalue weighted by Gasteiger charge is 2.20. The van der Waals surface area contributed by atoms with E-state index in [4.69, 9.17) is 22.1 Å². The summed E-state index contributed by atoms with van der Waals surface area (Å²) in [5.41, 5.74) is 6.39. The zero-order valence-electron chi connectivity index (χ0n) is 10.9. The average Bonchev–Trinajstić information content (AvgIpc) is 2.40. The predicted octanol–water partition coefficient (Wildman–Crippen LogP) is 3.49. The van der Waals surface area contributed by atoms with Gasteiger partial charge in [-0.3, -0.25) is 4.72 Å². The van der Waals surface area contributed by atoms with Crippen LogP contribution in [-0.4, -0.2) is 15.5 Å². The maximum Gasteiger partial charge on any atom is 0.263 e. The van der Waals surface area contributed by atoms with Gasteiger partial charge in [-0.1, -0.05) is 27.5 Å². The van der Waals surface area contributed by atoms with Crippen molar-refractivity contribution in [1.29, 1.82) is 0 Å². The fraction of sp³-hybridized carbons (Fsp3) is 0.0769. The molecule has 0 aliphatic rings. The third kappa shape index (κ3) is 3.61. The van der Waals surface area contributed by atoms with Crippen molar-refractivity contribution in [3.05, 3.63) is 45.9 Å². The summed E-state index contributed by atoms with van der Waals surface area (Å²) in [6, 6.07) is 9.15. The fourth-order valence-corrected chi connectivity index (χ4v) is 3.79. The van der Waals surface area contributed by atoms with E-state index in [-0.39, 0.29) is 15.6 Å². The molecule has 0 aliphatic carbocycles. The largest absolute Gasteiger partial charge is 0.494 e. The number of hydrogen-bond acceptors (Lipinski definition) is 4. The number of anilines is 2. The molecular weight excluding hydrogens is 380 g/mol. The minimum atomic E-state index is -3.83. The fourth-order valence-electron chi connectivity index (χ4n) is 1.69. The molecule has 5 nitrogen and oxygen atoms in total. The number of hydrogen-bond donors (Lipinski definition) is 2. The minimum Gasteiger partial charge on any atom is -0.494 e. The molecule has 8 heteroatoms. The van der Waals surface area contributed by atoms with Crippen LogP contribution in [-0.2, 0) is 10.0 Å². The molecule has 0 amide bonds. The van der Waals surface area contributed by atoms with Crippen LogP contribution in [0.5, 0.6) is 5.75 Å². The molecule has 0 unspecified atom stereocenters. The Morgan fingerprint density at radius 2 is 1.95 bits per heavy atom. The second-order valence-electron chi connectivity index (χ2n) is 4.14. The van der Waals surface area contributed by atoms with Crippen molar-refractivity contribution in [2.24, 2.45) is 0 Å². The number of nitrogen functional groups attached to an aromatic ring is 1. The monoisotopic (exact) mass is 390 g/mol. The van der Waals surface area contributed by atoms with Crippen LogP contribution in [0.1, 0.15) is 0 Å². The molecule has 112 valence electrons. The van der Waals surface area contributed by atoms with Gasteiger partial charge in [-0.2, -0.15) is 0 Å². The van der Waals surface area contributed by atoms with Crippen molar-refractivity contribution in [3.8, 4) is 5.75 Å². The molecule has 21 heavy (non-hydrogen) atoms. The minimum absolute atomic E-state index is 0.0220. The first kappa shape index (κ1) is 15.9. The number of nitrogens with two attached hydrogens (primary N) is 1. The highest BCUT2D eigenvalue weighted by molar-refractivity contribution is 9.10. The highest BCUT2D eigenvalue weighted by atomic mass is 79.9. The van der Waals surface area contributed by atoms with Crippen molar-refractivity contribution >= 4 is 48.9 Å². The second-order valence-corrected chi connectivity index (χ2v) is 7.11. The summed E-state index contributed by atoms with van der Waals surface area (Å²) in [7, 11) is -2.40. The van der Waals surface area contributed by atoms with Crippen molar-refractivity contribution in [2.75, 3.05) is 17.6 Å². The first-order chi connectivity index (χ1) is 9.83. The number of benzene rings is 2. The Bertz CT molecular complexity index is 781. The Hall–Kier alpha value is -1.44. The maximum atomic E-state index is 12.4. The van der Waals surface area contributed by atoms with Gasteiger partial charge in [0.05, 0.1) is 17.8 Å². The van der Waals surface area contributed by atoms with E-state index in [1.165, 1.54) is 31.4 Å². The van der Waals surface area contributed by atoms with E-state index in [0.717, 1.165) is 0 Å². The summed E-state index contributed by atoms with van der Waals surface area (Å²) in [5, 5.41) is 0.117. The van der Waals surface area contributed by atoms with Gasteiger partial charge in [-0.15, -0.1) is 0 Å². The molecule has 0 bridgehead atoms. The standard InChI is InChI=1S/C13H12BrClN2O3S/c1-20-12-7-9(16)3-4-11(12)17-21(18,19)13-5-2-8(14)6-10(13)15/h2-7,17H,16H2,1H3. The van der Waals surface area contributed by atoms with E-state index in [1.54, 1.807) is 12.1 Å². The number of nitrogens with one attached hydrogen (secondary N) is 1. The number of ether oxygens (including phenoxy) is 1. The van der Waals surface area contributed by atoms with Gasteiger partial charge in [-0.05, 0) is 30.3 Å². The summed E-state index contributed by atoms with van der Waals surface area (Å²) in [5.74, 6) is 0.326. The third-order valence-corrected chi connectivity index (χ3v) is 5.00. The van der Waals surface area contributed by atoms with Gasteiger partial charge in [-0.25, -0.2) is 8.42 Å². The topological polar surface area (TPSA) is 81.4 Å². The molecule has 2 aromatic carbocycles. The number of sulfonamides is 1. The van der Waals surface area contributed by atoms with Crippen LogP contribution in [0, 0.1) is 0 Å². The lowest BCUT2D eigenvalue weighted by Crippen LogP contribution is -2.14. The number of halogens is 2. The second kappa shape index (κ2) is 6.13. The molecule has 0 radical (unpaired) electrons. The van der Waals surface area contributed by atoms with Crippen LogP contribution in [0.15, 0.2) is 45.8 Å². The van der Waals surface area contributed by atoms with Crippen molar-refractivity contribution in [2.45, 2.75) is 4.90 Å². The van der Waals surface area contributed by atoms with Crippen LogP contribution in [0.2, 0.25) is 5.02 Å². The van der Waals surface area contributed by atoms with Crippen molar-refractivity contribution < 1.29 is 13.2 Å². The molecule has 0 saturated carbocycles. The van der Waals surface area contributed by atoms with Crippen LogP contribution in [0.3, 0.4) is 0 Å². The molecule has 2 rings (SSSR count). The highest BCUT2D eigenvalue weighted by Crippen LogP contribution is 2.31. The van der Waals surface area contributed by atoms with Gasteiger partial charge < -0.3 is 10.5 Å². The molecule has 0 spiro atoms. The summed E-state index contributed by atoms with van der Waals surface area (Å²) < 4.78 is 33.0. The molecule has 0 atom stereocenters. The Morgan fingerprint density at radius 1 is 1.24 bits per heavy atom. The zero-order valence-corrected chi connectivity index (χ0v) is 14.1. The summed E-state index contributed by atoms with van der Waals surface area (Å²) in [4.78, 5) is -0.0220. The molecule has 0 aromatic heterocycles. The first-order valence-electron chi connectivity index (χ1n) is 5.75. The summed E-state index contributed by atoms with van der Waals surface area (Å²) in [6.45, 7) is 0. The van der Waals surface area contributed by atoms with E-state index >= 15 is 0 Å². The Kier molecular flexibility index (Phi) is 4.65. The molecule has 0 aliphatic heterocycles. The molecule has 0 saturated heterocycles. The molecule has 3 N–H and O–H groups in total. The summed E-state index contributed by atoms with van der Waals surface area (Å²) in [6.07, 6.45) is 0. The molecule has 0 heterocycles.